The molecule has 2 nitrogen and oxygen atoms in total. The van der Waals surface area contributed by atoms with Gasteiger partial charge in [-0.15, -0.1) is 0 Å². The Kier molecular flexibility index (Phi) is 4.60. The fourth-order valence-electron chi connectivity index (χ4n) is 1.84. The number of hydrogen-bond donors (Lipinski definition) is 1. The molecule has 0 radical (unpaired) electrons. The van der Waals surface area contributed by atoms with E-state index in [4.69, 9.17) is 0 Å². The molecular formula is C13H28N2. The summed E-state index contributed by atoms with van der Waals surface area (Å²) in [6.07, 6.45) is 4.08. The van der Waals surface area contributed by atoms with Gasteiger partial charge in [-0.05, 0) is 53.0 Å². The van der Waals surface area contributed by atoms with E-state index in [1.54, 1.807) is 0 Å². The lowest BCUT2D eigenvalue weighted by molar-refractivity contribution is 0.224. The van der Waals surface area contributed by atoms with E-state index in [9.17, 15) is 0 Å². The lowest BCUT2D eigenvalue weighted by Gasteiger charge is -2.29. The highest BCUT2D eigenvalue weighted by molar-refractivity contribution is 4.84. The number of likely N-dealkylation sites (N-methyl/N-ethyl adjacent to an activating group) is 1. The standard InChI is InChI=1S/C13H28N2/c1-6-13(3,4)14-9-10-15(5)11(2)12-7-8-12/h11-12,14H,6-10H2,1-5H3. The summed E-state index contributed by atoms with van der Waals surface area (Å²) in [5, 5.41) is 3.61. The van der Waals surface area contributed by atoms with Crippen molar-refractivity contribution >= 4 is 0 Å². The van der Waals surface area contributed by atoms with Crippen molar-refractivity contribution in [1.82, 2.24) is 10.2 Å². The predicted molar refractivity (Wildman–Crippen MR) is 67.2 cm³/mol. The summed E-state index contributed by atoms with van der Waals surface area (Å²) in [7, 11) is 2.25. The first-order valence-corrected chi connectivity index (χ1v) is 6.41. The summed E-state index contributed by atoms with van der Waals surface area (Å²) in [5.41, 5.74) is 0.295. The Balaban J connectivity index is 2.13. The minimum atomic E-state index is 0.295. The van der Waals surface area contributed by atoms with Gasteiger partial charge in [0.1, 0.15) is 0 Å². The van der Waals surface area contributed by atoms with Crippen LogP contribution in [0.2, 0.25) is 0 Å². The van der Waals surface area contributed by atoms with Crippen molar-refractivity contribution < 1.29 is 0 Å². The zero-order valence-corrected chi connectivity index (χ0v) is 11.1. The monoisotopic (exact) mass is 212 g/mol. The average molecular weight is 212 g/mol. The van der Waals surface area contributed by atoms with E-state index in [1.807, 2.05) is 0 Å². The molecule has 1 aliphatic rings. The van der Waals surface area contributed by atoms with Gasteiger partial charge in [-0.3, -0.25) is 0 Å². The van der Waals surface area contributed by atoms with Gasteiger partial charge in [0.25, 0.3) is 0 Å². The number of rotatable bonds is 7. The molecule has 1 rings (SSSR count). The maximum atomic E-state index is 3.61. The fraction of sp³-hybridized carbons (Fsp3) is 1.00. The molecule has 90 valence electrons. The van der Waals surface area contributed by atoms with E-state index >= 15 is 0 Å². The van der Waals surface area contributed by atoms with E-state index in [1.165, 1.54) is 25.8 Å². The first kappa shape index (κ1) is 13.0. The van der Waals surface area contributed by atoms with Crippen molar-refractivity contribution in [3.63, 3.8) is 0 Å². The van der Waals surface area contributed by atoms with Crippen LogP contribution < -0.4 is 5.32 Å². The van der Waals surface area contributed by atoms with Gasteiger partial charge in [-0.25, -0.2) is 0 Å². The van der Waals surface area contributed by atoms with Crippen LogP contribution in [0.1, 0.15) is 47.0 Å². The van der Waals surface area contributed by atoms with Gasteiger partial charge in [-0.2, -0.15) is 0 Å². The summed E-state index contributed by atoms with van der Waals surface area (Å²) in [6, 6.07) is 0.775. The van der Waals surface area contributed by atoms with Crippen LogP contribution in [-0.2, 0) is 0 Å². The number of nitrogens with zero attached hydrogens (tertiary/aromatic N) is 1. The fourth-order valence-corrected chi connectivity index (χ4v) is 1.84. The Morgan fingerprint density at radius 2 is 2.00 bits per heavy atom. The second-order valence-corrected chi connectivity index (χ2v) is 5.72. The van der Waals surface area contributed by atoms with E-state index in [0.29, 0.717) is 5.54 Å². The maximum Gasteiger partial charge on any atom is 0.0123 e. The van der Waals surface area contributed by atoms with Crippen LogP contribution in [0.3, 0.4) is 0 Å². The van der Waals surface area contributed by atoms with Crippen molar-refractivity contribution in [2.75, 3.05) is 20.1 Å². The highest BCUT2D eigenvalue weighted by Gasteiger charge is 2.30. The molecule has 0 bridgehead atoms. The number of nitrogens with one attached hydrogen (secondary N) is 1. The second-order valence-electron chi connectivity index (χ2n) is 5.72. The minimum Gasteiger partial charge on any atom is -0.311 e. The van der Waals surface area contributed by atoms with Gasteiger partial charge in [0.05, 0.1) is 0 Å². The molecule has 0 aromatic carbocycles. The molecule has 1 aliphatic carbocycles. The molecule has 2 heteroatoms. The van der Waals surface area contributed by atoms with Crippen LogP contribution in [0.15, 0.2) is 0 Å². The largest absolute Gasteiger partial charge is 0.311 e. The molecule has 0 heterocycles. The van der Waals surface area contributed by atoms with Crippen molar-refractivity contribution in [3.05, 3.63) is 0 Å². The molecule has 1 fully saturated rings. The van der Waals surface area contributed by atoms with Crippen molar-refractivity contribution in [3.8, 4) is 0 Å². The average Bonchev–Trinajstić information content (AvgIpc) is 2.99. The Bertz CT molecular complexity index is 185. The summed E-state index contributed by atoms with van der Waals surface area (Å²) in [4.78, 5) is 2.50. The molecule has 1 unspecified atom stereocenters. The van der Waals surface area contributed by atoms with Gasteiger partial charge in [0.2, 0.25) is 0 Å². The molecule has 15 heavy (non-hydrogen) atoms. The molecule has 0 aromatic rings. The Morgan fingerprint density at radius 3 is 2.47 bits per heavy atom. The molecule has 1 N–H and O–H groups in total. The smallest absolute Gasteiger partial charge is 0.0123 e. The zero-order chi connectivity index (χ0) is 11.5. The normalized spacial score (nSPS) is 19.6. The highest BCUT2D eigenvalue weighted by atomic mass is 15.2. The molecular weight excluding hydrogens is 184 g/mol. The Morgan fingerprint density at radius 1 is 1.40 bits per heavy atom. The van der Waals surface area contributed by atoms with E-state index < -0.39 is 0 Å². The molecule has 0 amide bonds. The molecule has 1 saturated carbocycles. The van der Waals surface area contributed by atoms with Gasteiger partial charge in [0.15, 0.2) is 0 Å². The molecule has 0 spiro atoms. The number of hydrogen-bond acceptors (Lipinski definition) is 2. The van der Waals surface area contributed by atoms with Crippen LogP contribution in [-0.4, -0.2) is 36.6 Å². The summed E-state index contributed by atoms with van der Waals surface area (Å²) >= 11 is 0. The molecule has 0 aliphatic heterocycles. The van der Waals surface area contributed by atoms with Crippen molar-refractivity contribution in [1.29, 1.82) is 0 Å². The third kappa shape index (κ3) is 4.52. The Labute approximate surface area is 95.4 Å². The third-order valence-electron chi connectivity index (χ3n) is 3.95. The van der Waals surface area contributed by atoms with E-state index in [-0.39, 0.29) is 0 Å². The van der Waals surface area contributed by atoms with Crippen molar-refractivity contribution in [2.45, 2.75) is 58.5 Å². The first-order valence-electron chi connectivity index (χ1n) is 6.41. The molecule has 1 atom stereocenters. The summed E-state index contributed by atoms with van der Waals surface area (Å²) in [6.45, 7) is 11.4. The summed E-state index contributed by atoms with van der Waals surface area (Å²) in [5.74, 6) is 0.981. The summed E-state index contributed by atoms with van der Waals surface area (Å²) < 4.78 is 0. The zero-order valence-electron chi connectivity index (χ0n) is 11.1. The van der Waals surface area contributed by atoms with Crippen molar-refractivity contribution in [2.24, 2.45) is 5.92 Å². The van der Waals surface area contributed by atoms with Gasteiger partial charge >= 0.3 is 0 Å². The van der Waals surface area contributed by atoms with Gasteiger partial charge in [-0.1, -0.05) is 6.92 Å². The molecule has 0 aromatic heterocycles. The lowest BCUT2D eigenvalue weighted by Crippen LogP contribution is -2.44. The van der Waals surface area contributed by atoms with Gasteiger partial charge in [0, 0.05) is 24.7 Å². The van der Waals surface area contributed by atoms with Gasteiger partial charge < -0.3 is 10.2 Å². The minimum absolute atomic E-state index is 0.295. The highest BCUT2D eigenvalue weighted by Crippen LogP contribution is 2.34. The van der Waals surface area contributed by atoms with Crippen LogP contribution in [0.4, 0.5) is 0 Å². The maximum absolute atomic E-state index is 3.61. The second kappa shape index (κ2) is 5.31. The van der Waals surface area contributed by atoms with Crippen LogP contribution in [0, 0.1) is 5.92 Å². The predicted octanol–water partition coefficient (Wildman–Crippen LogP) is 2.49. The first-order chi connectivity index (χ1) is 6.96. The quantitative estimate of drug-likeness (QED) is 0.697. The van der Waals surface area contributed by atoms with Crippen LogP contribution >= 0.6 is 0 Å². The lowest BCUT2D eigenvalue weighted by atomic mass is 10.0. The van der Waals surface area contributed by atoms with E-state index in [0.717, 1.165) is 18.5 Å². The SMILES string of the molecule is CCC(C)(C)NCCN(C)C(C)C1CC1. The topological polar surface area (TPSA) is 15.3 Å². The Hall–Kier alpha value is -0.0800. The van der Waals surface area contributed by atoms with Crippen LogP contribution in [0.25, 0.3) is 0 Å². The van der Waals surface area contributed by atoms with Crippen LogP contribution in [0.5, 0.6) is 0 Å². The third-order valence-corrected chi connectivity index (χ3v) is 3.95. The molecule has 0 saturated heterocycles. The van der Waals surface area contributed by atoms with E-state index in [2.05, 4.69) is 45.0 Å².